The number of amidine groups is 1. The monoisotopic (exact) mass is 266 g/mol. The molecule has 0 saturated carbocycles. The zero-order chi connectivity index (χ0) is 13.2. The van der Waals surface area contributed by atoms with E-state index in [2.05, 4.69) is 11.9 Å². The summed E-state index contributed by atoms with van der Waals surface area (Å²) in [5.41, 5.74) is 0.774. The van der Waals surface area contributed by atoms with Crippen LogP contribution in [0.3, 0.4) is 0 Å². The van der Waals surface area contributed by atoms with Gasteiger partial charge in [-0.05, 0) is 18.1 Å². The van der Waals surface area contributed by atoms with Crippen molar-refractivity contribution in [2.45, 2.75) is 37.6 Å². The van der Waals surface area contributed by atoms with E-state index in [1.807, 2.05) is 12.1 Å². The first-order chi connectivity index (χ1) is 8.57. The van der Waals surface area contributed by atoms with Crippen molar-refractivity contribution < 1.29 is 8.42 Å². The molecule has 98 valence electrons. The van der Waals surface area contributed by atoms with Gasteiger partial charge >= 0.3 is 0 Å². The summed E-state index contributed by atoms with van der Waals surface area (Å²) < 4.78 is 26.2. The molecule has 2 rings (SSSR count). The molecule has 5 heteroatoms. The molecular formula is C13H18N2O2S. The second kappa shape index (κ2) is 5.10. The molecule has 0 amide bonds. The average molecular weight is 266 g/mol. The number of rotatable bonds is 3. The SMILES string of the molecule is CCCCC1=NCc2ccccc2S(=O)(=O)N1C. The van der Waals surface area contributed by atoms with Crippen LogP contribution in [0.15, 0.2) is 34.2 Å². The van der Waals surface area contributed by atoms with Crippen LogP contribution in [0.5, 0.6) is 0 Å². The number of unbranched alkanes of at least 4 members (excludes halogenated alkanes) is 1. The summed E-state index contributed by atoms with van der Waals surface area (Å²) in [6.45, 7) is 2.53. The molecule has 0 aliphatic carbocycles. The van der Waals surface area contributed by atoms with Crippen LogP contribution in [0.1, 0.15) is 31.7 Å². The Morgan fingerprint density at radius 2 is 2.06 bits per heavy atom. The Kier molecular flexibility index (Phi) is 3.71. The Bertz CT molecular complexity index is 564. The van der Waals surface area contributed by atoms with Crippen LogP contribution >= 0.6 is 0 Å². The van der Waals surface area contributed by atoms with E-state index in [0.717, 1.165) is 18.4 Å². The highest BCUT2D eigenvalue weighted by Gasteiger charge is 2.28. The molecule has 0 saturated heterocycles. The van der Waals surface area contributed by atoms with Gasteiger partial charge in [-0.1, -0.05) is 31.5 Å². The zero-order valence-electron chi connectivity index (χ0n) is 10.8. The van der Waals surface area contributed by atoms with Crippen molar-refractivity contribution in [3.8, 4) is 0 Å². The molecule has 1 heterocycles. The number of hydrogen-bond acceptors (Lipinski definition) is 3. The van der Waals surface area contributed by atoms with Gasteiger partial charge in [-0.15, -0.1) is 0 Å². The van der Waals surface area contributed by atoms with Gasteiger partial charge in [0.25, 0.3) is 10.0 Å². The third-order valence-corrected chi connectivity index (χ3v) is 5.05. The maximum absolute atomic E-state index is 12.4. The summed E-state index contributed by atoms with van der Waals surface area (Å²) in [5.74, 6) is 0.660. The lowest BCUT2D eigenvalue weighted by Gasteiger charge is -2.19. The van der Waals surface area contributed by atoms with Crippen LogP contribution < -0.4 is 0 Å². The number of fused-ring (bicyclic) bond motifs is 1. The van der Waals surface area contributed by atoms with E-state index in [4.69, 9.17) is 0 Å². The van der Waals surface area contributed by atoms with Gasteiger partial charge in [0.15, 0.2) is 0 Å². The van der Waals surface area contributed by atoms with Gasteiger partial charge < -0.3 is 0 Å². The first-order valence-corrected chi connectivity index (χ1v) is 7.61. The van der Waals surface area contributed by atoms with E-state index in [9.17, 15) is 8.42 Å². The number of nitrogens with zero attached hydrogens (tertiary/aromatic N) is 2. The third kappa shape index (κ3) is 2.27. The quantitative estimate of drug-likeness (QED) is 0.843. The minimum atomic E-state index is -3.43. The van der Waals surface area contributed by atoms with E-state index < -0.39 is 10.0 Å². The van der Waals surface area contributed by atoms with E-state index in [0.29, 0.717) is 23.7 Å². The van der Waals surface area contributed by atoms with Crippen LogP contribution in [-0.4, -0.2) is 25.6 Å². The third-order valence-electron chi connectivity index (χ3n) is 3.16. The molecule has 0 atom stereocenters. The molecule has 1 aromatic carbocycles. The highest BCUT2D eigenvalue weighted by atomic mass is 32.2. The van der Waals surface area contributed by atoms with Crippen molar-refractivity contribution in [2.75, 3.05) is 7.05 Å². The van der Waals surface area contributed by atoms with Gasteiger partial charge in [-0.3, -0.25) is 9.30 Å². The molecular weight excluding hydrogens is 248 g/mol. The molecule has 0 radical (unpaired) electrons. The van der Waals surface area contributed by atoms with Crippen molar-refractivity contribution in [3.05, 3.63) is 29.8 Å². The molecule has 4 nitrogen and oxygen atoms in total. The van der Waals surface area contributed by atoms with E-state index in [1.165, 1.54) is 4.31 Å². The van der Waals surface area contributed by atoms with Gasteiger partial charge in [0.1, 0.15) is 5.84 Å². The molecule has 18 heavy (non-hydrogen) atoms. The molecule has 0 unspecified atom stereocenters. The lowest BCUT2D eigenvalue weighted by atomic mass is 10.2. The highest BCUT2D eigenvalue weighted by Crippen LogP contribution is 2.24. The smallest absolute Gasteiger partial charge is 0.265 e. The molecule has 0 fully saturated rings. The van der Waals surface area contributed by atoms with Crippen LogP contribution in [0.25, 0.3) is 0 Å². The summed E-state index contributed by atoms with van der Waals surface area (Å²) >= 11 is 0. The molecule has 1 aliphatic rings. The van der Waals surface area contributed by atoms with Crippen LogP contribution in [0.2, 0.25) is 0 Å². The van der Waals surface area contributed by atoms with Gasteiger partial charge in [-0.25, -0.2) is 8.42 Å². The fraction of sp³-hybridized carbons (Fsp3) is 0.462. The summed E-state index contributed by atoms with van der Waals surface area (Å²) in [7, 11) is -1.85. The Morgan fingerprint density at radius 1 is 1.33 bits per heavy atom. The Balaban J connectivity index is 2.44. The maximum Gasteiger partial charge on any atom is 0.265 e. The summed E-state index contributed by atoms with van der Waals surface area (Å²) in [5, 5.41) is 0. The predicted molar refractivity (Wildman–Crippen MR) is 72.1 cm³/mol. The van der Waals surface area contributed by atoms with Crippen LogP contribution in [-0.2, 0) is 16.6 Å². The van der Waals surface area contributed by atoms with Gasteiger partial charge in [-0.2, -0.15) is 0 Å². The van der Waals surface area contributed by atoms with Crippen molar-refractivity contribution in [2.24, 2.45) is 4.99 Å². The lowest BCUT2D eigenvalue weighted by Crippen LogP contribution is -2.32. The van der Waals surface area contributed by atoms with Gasteiger partial charge in [0.2, 0.25) is 0 Å². The fourth-order valence-electron chi connectivity index (χ4n) is 2.02. The highest BCUT2D eigenvalue weighted by molar-refractivity contribution is 7.89. The number of aliphatic imine (C=N–C) groups is 1. The largest absolute Gasteiger partial charge is 0.267 e. The molecule has 0 spiro atoms. The summed E-state index contributed by atoms with van der Waals surface area (Å²) in [6.07, 6.45) is 2.69. The number of sulfonamides is 1. The second-order valence-electron chi connectivity index (χ2n) is 4.42. The van der Waals surface area contributed by atoms with E-state index in [-0.39, 0.29) is 0 Å². The molecule has 0 aromatic heterocycles. The topological polar surface area (TPSA) is 49.7 Å². The standard InChI is InChI=1S/C13H18N2O2S/c1-3-4-9-13-14-10-11-7-5-6-8-12(11)18(16,17)15(13)2/h5-8H,3-4,9-10H2,1-2H3. The van der Waals surface area contributed by atoms with Crippen molar-refractivity contribution in [3.63, 3.8) is 0 Å². The lowest BCUT2D eigenvalue weighted by molar-refractivity contribution is 0.549. The van der Waals surface area contributed by atoms with Crippen LogP contribution in [0, 0.1) is 0 Å². The second-order valence-corrected chi connectivity index (χ2v) is 6.35. The molecule has 1 aromatic rings. The normalized spacial score (nSPS) is 17.9. The summed E-state index contributed by atoms with van der Waals surface area (Å²) in [6, 6.07) is 7.08. The molecule has 0 bridgehead atoms. The summed E-state index contributed by atoms with van der Waals surface area (Å²) in [4.78, 5) is 4.82. The molecule has 0 N–H and O–H groups in total. The van der Waals surface area contributed by atoms with Crippen molar-refractivity contribution >= 4 is 15.9 Å². The Morgan fingerprint density at radius 3 is 2.78 bits per heavy atom. The average Bonchev–Trinajstić information content (AvgIpc) is 2.46. The first kappa shape index (κ1) is 13.1. The van der Waals surface area contributed by atoms with Crippen molar-refractivity contribution in [1.29, 1.82) is 0 Å². The fourth-order valence-corrected chi connectivity index (χ4v) is 3.46. The van der Waals surface area contributed by atoms with E-state index in [1.54, 1.807) is 19.2 Å². The zero-order valence-corrected chi connectivity index (χ0v) is 11.6. The van der Waals surface area contributed by atoms with Crippen molar-refractivity contribution in [1.82, 2.24) is 4.31 Å². The van der Waals surface area contributed by atoms with Crippen LogP contribution in [0.4, 0.5) is 0 Å². The van der Waals surface area contributed by atoms with Gasteiger partial charge in [0.05, 0.1) is 11.4 Å². The molecule has 1 aliphatic heterocycles. The Labute approximate surface area is 108 Å². The number of benzene rings is 1. The van der Waals surface area contributed by atoms with Gasteiger partial charge in [0, 0.05) is 13.5 Å². The minimum Gasteiger partial charge on any atom is -0.267 e. The Hall–Kier alpha value is -1.36. The first-order valence-electron chi connectivity index (χ1n) is 6.17. The minimum absolute atomic E-state index is 0.378. The van der Waals surface area contributed by atoms with E-state index >= 15 is 0 Å². The number of hydrogen-bond donors (Lipinski definition) is 0. The predicted octanol–water partition coefficient (Wildman–Crippen LogP) is 2.41. The maximum atomic E-state index is 12.4.